The molecule has 0 saturated carbocycles. The maximum absolute atomic E-state index is 4.55. The molecule has 1 unspecified atom stereocenters. The van der Waals surface area contributed by atoms with Crippen LogP contribution in [-0.4, -0.2) is 18.1 Å². The Hall–Kier alpha value is -1.19. The van der Waals surface area contributed by atoms with Gasteiger partial charge in [-0.15, -0.1) is 11.3 Å². The van der Waals surface area contributed by atoms with E-state index in [0.29, 0.717) is 6.04 Å². The van der Waals surface area contributed by atoms with Gasteiger partial charge in [-0.2, -0.15) is 0 Å². The first kappa shape index (κ1) is 14.2. The molecule has 0 saturated heterocycles. The number of hydrogen-bond acceptors (Lipinski definition) is 3. The molecule has 3 heteroatoms. The molecule has 1 N–H and O–H groups in total. The Balaban J connectivity index is 1.97. The van der Waals surface area contributed by atoms with Crippen LogP contribution < -0.4 is 5.32 Å². The molecule has 102 valence electrons. The van der Waals surface area contributed by atoms with E-state index < -0.39 is 0 Å². The number of aromatic nitrogens is 1. The van der Waals surface area contributed by atoms with Crippen molar-refractivity contribution >= 4 is 11.3 Å². The van der Waals surface area contributed by atoms with Gasteiger partial charge < -0.3 is 5.32 Å². The average Bonchev–Trinajstić information content (AvgIpc) is 2.84. The van der Waals surface area contributed by atoms with Crippen LogP contribution in [0, 0.1) is 6.92 Å². The summed E-state index contributed by atoms with van der Waals surface area (Å²) in [6.45, 7) is 4.25. The molecule has 2 nitrogen and oxygen atoms in total. The van der Waals surface area contributed by atoms with E-state index in [1.807, 2.05) is 7.05 Å². The van der Waals surface area contributed by atoms with Gasteiger partial charge >= 0.3 is 0 Å². The summed E-state index contributed by atoms with van der Waals surface area (Å²) in [6.07, 6.45) is 3.15. The van der Waals surface area contributed by atoms with E-state index in [1.165, 1.54) is 16.8 Å². The normalized spacial score (nSPS) is 12.6. The first-order chi connectivity index (χ1) is 9.21. The minimum absolute atomic E-state index is 0.453. The fraction of sp³-hybridized carbons (Fsp3) is 0.438. The van der Waals surface area contributed by atoms with Gasteiger partial charge in [0.15, 0.2) is 0 Å². The largest absolute Gasteiger partial charge is 0.316 e. The maximum atomic E-state index is 4.55. The summed E-state index contributed by atoms with van der Waals surface area (Å²) >= 11 is 1.73. The first-order valence-corrected chi connectivity index (χ1v) is 7.75. The van der Waals surface area contributed by atoms with Crippen molar-refractivity contribution in [3.05, 3.63) is 51.5 Å². The van der Waals surface area contributed by atoms with Gasteiger partial charge in [-0.1, -0.05) is 31.2 Å². The minimum Gasteiger partial charge on any atom is -0.316 e. The zero-order valence-electron chi connectivity index (χ0n) is 11.9. The van der Waals surface area contributed by atoms with Crippen LogP contribution in [0.25, 0.3) is 0 Å². The summed E-state index contributed by atoms with van der Waals surface area (Å²) < 4.78 is 0. The standard InChI is InChI=1S/C16H22N2S/c1-4-13-5-7-14(8-6-13)9-15(17-3)10-16-11-19-12(2)18-16/h5-8,11,15,17H,4,9-10H2,1-3H3. The number of aryl methyl sites for hydroxylation is 2. The molecular formula is C16H22N2S. The van der Waals surface area contributed by atoms with Crippen LogP contribution in [-0.2, 0) is 19.3 Å². The number of nitrogens with zero attached hydrogens (tertiary/aromatic N) is 1. The van der Waals surface area contributed by atoms with Crippen LogP contribution in [0.1, 0.15) is 28.8 Å². The molecule has 0 radical (unpaired) electrons. The molecule has 1 heterocycles. The molecule has 0 amide bonds. The van der Waals surface area contributed by atoms with Crippen LogP contribution in [0.5, 0.6) is 0 Å². The number of hydrogen-bond donors (Lipinski definition) is 1. The third-order valence-corrected chi connectivity index (χ3v) is 4.27. The predicted molar refractivity (Wildman–Crippen MR) is 82.9 cm³/mol. The van der Waals surface area contributed by atoms with Crippen molar-refractivity contribution in [2.75, 3.05) is 7.05 Å². The van der Waals surface area contributed by atoms with Gasteiger partial charge in [-0.25, -0.2) is 4.98 Å². The highest BCUT2D eigenvalue weighted by Crippen LogP contribution is 2.13. The van der Waals surface area contributed by atoms with E-state index in [4.69, 9.17) is 0 Å². The van der Waals surface area contributed by atoms with Gasteiger partial charge in [0.1, 0.15) is 0 Å². The summed E-state index contributed by atoms with van der Waals surface area (Å²) in [5, 5.41) is 6.72. The van der Waals surface area contributed by atoms with Gasteiger partial charge in [0.25, 0.3) is 0 Å². The Morgan fingerprint density at radius 2 is 1.84 bits per heavy atom. The van der Waals surface area contributed by atoms with E-state index in [1.54, 1.807) is 11.3 Å². The molecule has 0 bridgehead atoms. The van der Waals surface area contributed by atoms with E-state index in [9.17, 15) is 0 Å². The maximum Gasteiger partial charge on any atom is 0.0897 e. The van der Waals surface area contributed by atoms with Crippen molar-refractivity contribution in [2.24, 2.45) is 0 Å². The second-order valence-corrected chi connectivity index (χ2v) is 5.98. The summed E-state index contributed by atoms with van der Waals surface area (Å²) in [7, 11) is 2.03. The summed E-state index contributed by atoms with van der Waals surface area (Å²) in [6, 6.07) is 9.41. The monoisotopic (exact) mass is 274 g/mol. The van der Waals surface area contributed by atoms with Crippen molar-refractivity contribution in [3.8, 4) is 0 Å². The smallest absolute Gasteiger partial charge is 0.0897 e. The number of nitrogens with one attached hydrogen (secondary N) is 1. The Bertz CT molecular complexity index is 502. The molecule has 1 aromatic heterocycles. The number of thiazole rings is 1. The molecule has 1 atom stereocenters. The lowest BCUT2D eigenvalue weighted by atomic mass is 10.0. The number of benzene rings is 1. The molecule has 1 aromatic carbocycles. The fourth-order valence-corrected chi connectivity index (χ4v) is 2.85. The summed E-state index contributed by atoms with van der Waals surface area (Å²) in [4.78, 5) is 4.55. The average molecular weight is 274 g/mol. The minimum atomic E-state index is 0.453. The molecule has 0 fully saturated rings. The molecular weight excluding hydrogens is 252 g/mol. The Labute approximate surface area is 119 Å². The highest BCUT2D eigenvalue weighted by atomic mass is 32.1. The number of rotatable bonds is 6. The molecule has 2 rings (SSSR count). The van der Waals surface area contributed by atoms with Crippen molar-refractivity contribution in [2.45, 2.75) is 39.2 Å². The van der Waals surface area contributed by atoms with Crippen LogP contribution in [0.4, 0.5) is 0 Å². The first-order valence-electron chi connectivity index (χ1n) is 6.87. The zero-order chi connectivity index (χ0) is 13.7. The van der Waals surface area contributed by atoms with E-state index in [0.717, 1.165) is 24.3 Å². The quantitative estimate of drug-likeness (QED) is 0.873. The third kappa shape index (κ3) is 4.15. The second-order valence-electron chi connectivity index (χ2n) is 4.92. The molecule has 0 aliphatic rings. The van der Waals surface area contributed by atoms with Crippen LogP contribution in [0.2, 0.25) is 0 Å². The van der Waals surface area contributed by atoms with Crippen molar-refractivity contribution in [1.29, 1.82) is 0 Å². The van der Waals surface area contributed by atoms with Crippen LogP contribution in [0.3, 0.4) is 0 Å². The Kier molecular flexibility index (Phi) is 5.11. The van der Waals surface area contributed by atoms with Gasteiger partial charge in [0, 0.05) is 17.8 Å². The zero-order valence-corrected chi connectivity index (χ0v) is 12.8. The number of likely N-dealkylation sites (N-methyl/N-ethyl adjacent to an activating group) is 1. The lowest BCUT2D eigenvalue weighted by Crippen LogP contribution is -2.30. The topological polar surface area (TPSA) is 24.9 Å². The van der Waals surface area contributed by atoms with E-state index in [-0.39, 0.29) is 0 Å². The molecule has 0 spiro atoms. The van der Waals surface area contributed by atoms with E-state index >= 15 is 0 Å². The molecule has 0 aliphatic heterocycles. The van der Waals surface area contributed by atoms with E-state index in [2.05, 4.69) is 53.8 Å². The second kappa shape index (κ2) is 6.83. The van der Waals surface area contributed by atoms with Crippen molar-refractivity contribution in [3.63, 3.8) is 0 Å². The van der Waals surface area contributed by atoms with Crippen molar-refractivity contribution < 1.29 is 0 Å². The van der Waals surface area contributed by atoms with Gasteiger partial charge in [0.2, 0.25) is 0 Å². The highest BCUT2D eigenvalue weighted by Gasteiger charge is 2.10. The van der Waals surface area contributed by atoms with Gasteiger partial charge in [-0.05, 0) is 37.9 Å². The van der Waals surface area contributed by atoms with Gasteiger partial charge in [-0.3, -0.25) is 0 Å². The molecule has 0 aliphatic carbocycles. The molecule has 19 heavy (non-hydrogen) atoms. The van der Waals surface area contributed by atoms with Crippen LogP contribution in [0.15, 0.2) is 29.6 Å². The SMILES string of the molecule is CCc1ccc(CC(Cc2csc(C)n2)NC)cc1. The summed E-state index contributed by atoms with van der Waals surface area (Å²) in [5.41, 5.74) is 4.00. The highest BCUT2D eigenvalue weighted by molar-refractivity contribution is 7.09. The summed E-state index contributed by atoms with van der Waals surface area (Å²) in [5.74, 6) is 0. The van der Waals surface area contributed by atoms with Gasteiger partial charge in [0.05, 0.1) is 10.7 Å². The third-order valence-electron chi connectivity index (χ3n) is 3.44. The van der Waals surface area contributed by atoms with Crippen LogP contribution >= 0.6 is 11.3 Å². The predicted octanol–water partition coefficient (Wildman–Crippen LogP) is 3.39. The fourth-order valence-electron chi connectivity index (χ4n) is 2.23. The lowest BCUT2D eigenvalue weighted by molar-refractivity contribution is 0.551. The Morgan fingerprint density at radius 1 is 1.16 bits per heavy atom. The lowest BCUT2D eigenvalue weighted by Gasteiger charge is -2.15. The molecule has 2 aromatic rings. The van der Waals surface area contributed by atoms with Crippen molar-refractivity contribution in [1.82, 2.24) is 10.3 Å². The Morgan fingerprint density at radius 3 is 2.37 bits per heavy atom.